The van der Waals surface area contributed by atoms with Crippen molar-refractivity contribution in [3.63, 3.8) is 0 Å². The van der Waals surface area contributed by atoms with Crippen LogP contribution in [0.4, 0.5) is 0 Å². The summed E-state index contributed by atoms with van der Waals surface area (Å²) in [5.74, 6) is 0.255. The fourth-order valence-corrected chi connectivity index (χ4v) is 0.149. The average Bonchev–Trinajstić information content (AvgIpc) is 1.65. The molecule has 0 saturated carbocycles. The number of nitrogens with zero attached hydrogens (tertiary/aromatic N) is 1. The molecular formula is C6H9NY-2. The van der Waals surface area contributed by atoms with Crippen molar-refractivity contribution in [2.24, 2.45) is 5.92 Å². The van der Waals surface area contributed by atoms with Crippen LogP contribution in [-0.4, -0.2) is 6.21 Å². The molecule has 0 aliphatic rings. The van der Waals surface area contributed by atoms with Crippen molar-refractivity contribution in [3.05, 3.63) is 17.6 Å². The molecule has 0 aliphatic heterocycles. The number of hydrogen-bond acceptors (Lipinski definition) is 0. The summed E-state index contributed by atoms with van der Waals surface area (Å²) in [5, 5.41) is 8.22. The zero-order valence-electron chi connectivity index (χ0n) is 5.26. The molecule has 8 heavy (non-hydrogen) atoms. The van der Waals surface area contributed by atoms with E-state index in [9.17, 15) is 0 Å². The molecule has 2 heteroatoms. The van der Waals surface area contributed by atoms with Crippen molar-refractivity contribution >= 4 is 6.21 Å². The van der Waals surface area contributed by atoms with Gasteiger partial charge in [0.25, 0.3) is 0 Å². The average molecular weight is 184 g/mol. The molecule has 0 aromatic rings. The van der Waals surface area contributed by atoms with Crippen LogP contribution in [0.25, 0.3) is 5.41 Å². The molecule has 1 radical (unpaired) electrons. The molecule has 0 N–H and O–H groups in total. The van der Waals surface area contributed by atoms with Gasteiger partial charge in [-0.2, -0.15) is 0 Å². The van der Waals surface area contributed by atoms with E-state index in [2.05, 4.69) is 0 Å². The number of rotatable bonds is 2. The van der Waals surface area contributed by atoms with Gasteiger partial charge in [-0.1, -0.05) is 19.8 Å². The summed E-state index contributed by atoms with van der Waals surface area (Å²) in [4.78, 5) is 0. The maximum atomic E-state index is 8.22. The molecular weight excluding hydrogens is 175 g/mol. The number of hydrogen-bond donors (Lipinski definition) is 0. The third-order valence-corrected chi connectivity index (χ3v) is 0.816. The minimum Gasteiger partial charge on any atom is -0.911 e. The van der Waals surface area contributed by atoms with E-state index in [1.165, 1.54) is 0 Å². The van der Waals surface area contributed by atoms with Gasteiger partial charge in [-0.05, 0) is 0 Å². The van der Waals surface area contributed by atoms with Gasteiger partial charge in [0.1, 0.15) is 0 Å². The largest absolute Gasteiger partial charge is 0.911 e. The summed E-state index contributed by atoms with van der Waals surface area (Å²) < 4.78 is 0. The molecule has 43 valence electrons. The minimum absolute atomic E-state index is 0. The van der Waals surface area contributed by atoms with Gasteiger partial charge in [0.2, 0.25) is 0 Å². The predicted molar refractivity (Wildman–Crippen MR) is 32.1 cm³/mol. The van der Waals surface area contributed by atoms with Gasteiger partial charge in [-0.3, -0.25) is 12.2 Å². The first-order valence-corrected chi connectivity index (χ1v) is 2.28. The van der Waals surface area contributed by atoms with Crippen LogP contribution < -0.4 is 0 Å². The second kappa shape index (κ2) is 5.65. The Bertz CT molecular complexity index is 86.5. The molecule has 0 unspecified atom stereocenters. The van der Waals surface area contributed by atoms with Crippen LogP contribution >= 0.6 is 0 Å². The van der Waals surface area contributed by atoms with E-state index >= 15 is 0 Å². The Labute approximate surface area is 75.9 Å². The maximum Gasteiger partial charge on any atom is 0 e. The molecule has 0 spiro atoms. The molecule has 0 aliphatic carbocycles. The normalized spacial score (nSPS) is 7.88. The molecule has 0 amide bonds. The standard InChI is InChI=1S/C6H9N.Y/c1-5(2)6(3)4-7;/h3-5H,1-2H3;/q-2;. The molecule has 0 aromatic carbocycles. The summed E-state index contributed by atoms with van der Waals surface area (Å²) in [6, 6.07) is 0. The van der Waals surface area contributed by atoms with Crippen LogP contribution in [0.5, 0.6) is 0 Å². The Hall–Kier alpha value is 0.514. The van der Waals surface area contributed by atoms with Crippen molar-refractivity contribution in [2.75, 3.05) is 0 Å². The van der Waals surface area contributed by atoms with E-state index in [0.29, 0.717) is 5.57 Å². The zero-order valence-corrected chi connectivity index (χ0v) is 8.09. The Morgan fingerprint density at radius 2 is 2.00 bits per heavy atom. The van der Waals surface area contributed by atoms with Crippen LogP contribution in [0.15, 0.2) is 5.57 Å². The van der Waals surface area contributed by atoms with E-state index in [-0.39, 0.29) is 38.6 Å². The molecule has 0 atom stereocenters. The summed E-state index contributed by atoms with van der Waals surface area (Å²) >= 11 is 0. The third kappa shape index (κ3) is 4.67. The zero-order chi connectivity index (χ0) is 5.86. The second-order valence-electron chi connectivity index (χ2n) is 1.78. The topological polar surface area (TPSA) is 22.3 Å². The van der Waals surface area contributed by atoms with Gasteiger partial charge >= 0.3 is 0 Å². The predicted octanol–water partition coefficient (Wildman–Crippen LogP) is 1.64. The van der Waals surface area contributed by atoms with Crippen molar-refractivity contribution in [2.45, 2.75) is 13.8 Å². The fourth-order valence-electron chi connectivity index (χ4n) is 0.149. The van der Waals surface area contributed by atoms with E-state index in [4.69, 9.17) is 12.0 Å². The molecule has 0 aromatic heterocycles. The molecule has 0 bridgehead atoms. The van der Waals surface area contributed by atoms with Crippen LogP contribution in [0.2, 0.25) is 0 Å². The first-order chi connectivity index (χ1) is 3.18. The van der Waals surface area contributed by atoms with Crippen LogP contribution in [0.1, 0.15) is 13.8 Å². The molecule has 0 fully saturated rings. The van der Waals surface area contributed by atoms with Gasteiger partial charge in [0, 0.05) is 32.7 Å². The molecule has 1 nitrogen and oxygen atoms in total. The second-order valence-corrected chi connectivity index (χ2v) is 1.78. The van der Waals surface area contributed by atoms with E-state index in [1.807, 2.05) is 13.8 Å². The van der Waals surface area contributed by atoms with Crippen molar-refractivity contribution < 1.29 is 32.7 Å². The van der Waals surface area contributed by atoms with Crippen LogP contribution in [0, 0.1) is 12.5 Å². The monoisotopic (exact) mass is 184 g/mol. The molecule has 0 rings (SSSR count). The first kappa shape index (κ1) is 11.3. The molecule has 0 saturated heterocycles. The van der Waals surface area contributed by atoms with Gasteiger partial charge in [-0.15, -0.1) is 0 Å². The van der Waals surface area contributed by atoms with Crippen molar-refractivity contribution in [1.29, 1.82) is 0 Å². The molecule has 0 heterocycles. The van der Waals surface area contributed by atoms with Crippen molar-refractivity contribution in [3.8, 4) is 0 Å². The smallest absolute Gasteiger partial charge is 0 e. The Morgan fingerprint density at radius 3 is 2.00 bits per heavy atom. The Kier molecular flexibility index (Phi) is 8.00. The fraction of sp³-hybridized carbons (Fsp3) is 0.500. The van der Waals surface area contributed by atoms with Crippen LogP contribution in [-0.2, 0) is 32.7 Å². The summed E-state index contributed by atoms with van der Waals surface area (Å²) in [5.41, 5.74) is 0.528. The maximum absolute atomic E-state index is 8.22. The SMILES string of the molecule is [CH-]=C(C=[N-])C(C)C.[Y]. The number of allylic oxidation sites excluding steroid dienone is 1. The first-order valence-electron chi connectivity index (χ1n) is 2.28. The summed E-state index contributed by atoms with van der Waals surface area (Å²) in [7, 11) is 0. The minimum atomic E-state index is 0. The third-order valence-electron chi connectivity index (χ3n) is 0.816. The van der Waals surface area contributed by atoms with E-state index in [0.717, 1.165) is 6.21 Å². The Morgan fingerprint density at radius 1 is 1.62 bits per heavy atom. The van der Waals surface area contributed by atoms with Crippen molar-refractivity contribution in [1.82, 2.24) is 0 Å². The van der Waals surface area contributed by atoms with Gasteiger partial charge in [-0.25, -0.2) is 0 Å². The van der Waals surface area contributed by atoms with E-state index in [1.54, 1.807) is 0 Å². The van der Waals surface area contributed by atoms with Crippen LogP contribution in [0.3, 0.4) is 0 Å². The van der Waals surface area contributed by atoms with E-state index < -0.39 is 0 Å². The summed E-state index contributed by atoms with van der Waals surface area (Å²) in [6.45, 7) is 9.06. The Balaban J connectivity index is 0. The van der Waals surface area contributed by atoms with Gasteiger partial charge in [0.05, 0.1) is 0 Å². The quantitative estimate of drug-likeness (QED) is 0.459. The van der Waals surface area contributed by atoms with Gasteiger partial charge < -0.3 is 11.6 Å². The van der Waals surface area contributed by atoms with Gasteiger partial charge in [0.15, 0.2) is 0 Å². The summed E-state index contributed by atoms with van der Waals surface area (Å²) in [6.07, 6.45) is 0.935.